The third kappa shape index (κ3) is 9.66. The molecule has 0 radical (unpaired) electrons. The Kier molecular flexibility index (Phi) is 13.1. The Morgan fingerprint density at radius 3 is 2.52 bits per heavy atom. The van der Waals surface area contributed by atoms with Crippen molar-refractivity contribution in [1.82, 2.24) is 10.2 Å². The fourth-order valence-corrected chi connectivity index (χ4v) is 1.68. The average molecular weight is 366 g/mol. The monoisotopic (exact) mass is 365 g/mol. The van der Waals surface area contributed by atoms with Gasteiger partial charge in [0, 0.05) is 25.0 Å². The first-order valence-corrected chi connectivity index (χ1v) is 7.30. The van der Waals surface area contributed by atoms with Crippen molar-refractivity contribution in [2.75, 3.05) is 27.2 Å². The second-order valence-electron chi connectivity index (χ2n) is 5.66. The smallest absolute Gasteiger partial charge is 0.224 e. The quantitative estimate of drug-likeness (QED) is 0.739. The molecule has 0 bridgehead atoms. The van der Waals surface area contributed by atoms with Gasteiger partial charge in [0.25, 0.3) is 0 Å². The summed E-state index contributed by atoms with van der Waals surface area (Å²) in [5.41, 5.74) is 6.74. The topological polar surface area (TPSA) is 67.6 Å². The van der Waals surface area contributed by atoms with Crippen molar-refractivity contribution in [3.8, 4) is 5.75 Å². The van der Waals surface area contributed by atoms with Crippen LogP contribution in [-0.4, -0.2) is 44.1 Å². The van der Waals surface area contributed by atoms with Crippen molar-refractivity contribution >= 4 is 30.7 Å². The van der Waals surface area contributed by atoms with Gasteiger partial charge in [-0.25, -0.2) is 0 Å². The van der Waals surface area contributed by atoms with Gasteiger partial charge in [-0.3, -0.25) is 4.79 Å². The van der Waals surface area contributed by atoms with Crippen LogP contribution in [0.15, 0.2) is 24.3 Å². The predicted octanol–water partition coefficient (Wildman–Crippen LogP) is 2.07. The zero-order chi connectivity index (χ0) is 15.8. The lowest BCUT2D eigenvalue weighted by Crippen LogP contribution is -2.38. The molecule has 0 heterocycles. The Bertz CT molecular complexity index is 457. The van der Waals surface area contributed by atoms with Gasteiger partial charge in [-0.05, 0) is 38.7 Å². The van der Waals surface area contributed by atoms with Gasteiger partial charge in [0.05, 0.1) is 0 Å². The lowest BCUT2D eigenvalue weighted by molar-refractivity contribution is -0.125. The number of hydrogen-bond acceptors (Lipinski definition) is 4. The molecule has 3 N–H and O–H groups in total. The minimum Gasteiger partial charge on any atom is -0.492 e. The Labute approximate surface area is 151 Å². The number of nitrogens with zero attached hydrogens (tertiary/aromatic N) is 1. The van der Waals surface area contributed by atoms with E-state index >= 15 is 0 Å². The summed E-state index contributed by atoms with van der Waals surface area (Å²) >= 11 is 0. The molecule has 0 spiro atoms. The third-order valence-corrected chi connectivity index (χ3v) is 3.37. The minimum atomic E-state index is -0.190. The first kappa shape index (κ1) is 24.2. The van der Waals surface area contributed by atoms with Crippen LogP contribution in [0.4, 0.5) is 0 Å². The fourth-order valence-electron chi connectivity index (χ4n) is 1.68. The summed E-state index contributed by atoms with van der Waals surface area (Å²) < 4.78 is 5.68. The van der Waals surface area contributed by atoms with Crippen LogP contribution in [0.3, 0.4) is 0 Å². The summed E-state index contributed by atoms with van der Waals surface area (Å²) in [5, 5.41) is 2.90. The Morgan fingerprint density at radius 2 is 1.96 bits per heavy atom. The highest BCUT2D eigenvalue weighted by Gasteiger charge is 2.16. The Morgan fingerprint density at radius 1 is 1.30 bits per heavy atom. The number of benzene rings is 1. The number of ether oxygens (including phenoxy) is 1. The number of amides is 1. The molecule has 2 unspecified atom stereocenters. The SMILES string of the molecule is CC(N)C(C)C(=O)NCc1cccc(OCCN(C)C)c1.Cl.Cl. The maximum absolute atomic E-state index is 11.9. The zero-order valence-corrected chi connectivity index (χ0v) is 15.9. The Hall–Kier alpha value is -1.01. The van der Waals surface area contributed by atoms with Gasteiger partial charge < -0.3 is 20.7 Å². The van der Waals surface area contributed by atoms with E-state index in [1.54, 1.807) is 0 Å². The molecule has 1 aromatic rings. The molecule has 0 aliphatic heterocycles. The normalized spacial score (nSPS) is 12.6. The van der Waals surface area contributed by atoms with Gasteiger partial charge in [0.1, 0.15) is 12.4 Å². The van der Waals surface area contributed by atoms with Gasteiger partial charge >= 0.3 is 0 Å². The summed E-state index contributed by atoms with van der Waals surface area (Å²) in [4.78, 5) is 13.9. The number of halogens is 2. The molecule has 0 aromatic heterocycles. The van der Waals surface area contributed by atoms with E-state index in [9.17, 15) is 4.79 Å². The highest BCUT2D eigenvalue weighted by molar-refractivity contribution is 5.85. The predicted molar refractivity (Wildman–Crippen MR) is 99.6 cm³/mol. The molecule has 2 atom stereocenters. The number of hydrogen-bond donors (Lipinski definition) is 2. The van der Waals surface area contributed by atoms with Crippen LogP contribution in [0.25, 0.3) is 0 Å². The second-order valence-corrected chi connectivity index (χ2v) is 5.66. The van der Waals surface area contributed by atoms with Gasteiger partial charge in [-0.1, -0.05) is 19.1 Å². The number of rotatable bonds is 8. The van der Waals surface area contributed by atoms with Crippen LogP contribution in [0.1, 0.15) is 19.4 Å². The molecule has 5 nitrogen and oxygen atoms in total. The van der Waals surface area contributed by atoms with E-state index in [0.717, 1.165) is 17.9 Å². The lowest BCUT2D eigenvalue weighted by Gasteiger charge is -2.16. The second kappa shape index (κ2) is 12.4. The van der Waals surface area contributed by atoms with Crippen molar-refractivity contribution in [3.63, 3.8) is 0 Å². The van der Waals surface area contributed by atoms with Crippen molar-refractivity contribution in [1.29, 1.82) is 0 Å². The fraction of sp³-hybridized carbons (Fsp3) is 0.562. The van der Waals surface area contributed by atoms with Crippen molar-refractivity contribution in [2.45, 2.75) is 26.4 Å². The van der Waals surface area contributed by atoms with Crippen LogP contribution in [-0.2, 0) is 11.3 Å². The maximum Gasteiger partial charge on any atom is 0.224 e. The van der Waals surface area contributed by atoms with Gasteiger partial charge in [-0.15, -0.1) is 24.8 Å². The lowest BCUT2D eigenvalue weighted by atomic mass is 10.0. The first-order valence-electron chi connectivity index (χ1n) is 7.30. The number of likely N-dealkylation sites (N-methyl/N-ethyl adjacent to an activating group) is 1. The minimum absolute atomic E-state index is 0. The van der Waals surface area contributed by atoms with Crippen LogP contribution < -0.4 is 15.8 Å². The van der Waals surface area contributed by atoms with E-state index < -0.39 is 0 Å². The van der Waals surface area contributed by atoms with Gasteiger partial charge in [-0.2, -0.15) is 0 Å². The molecular weight excluding hydrogens is 337 g/mol. The van der Waals surface area contributed by atoms with E-state index in [-0.39, 0.29) is 42.7 Å². The van der Waals surface area contributed by atoms with Crippen LogP contribution in [0.2, 0.25) is 0 Å². The number of carbonyl (C=O) groups is 1. The number of nitrogens with one attached hydrogen (secondary N) is 1. The van der Waals surface area contributed by atoms with E-state index in [0.29, 0.717) is 13.2 Å². The van der Waals surface area contributed by atoms with Crippen molar-refractivity contribution < 1.29 is 9.53 Å². The standard InChI is InChI=1S/C16H27N3O2.2ClH/c1-12(13(2)17)16(20)18-11-14-6-5-7-15(10-14)21-9-8-19(3)4;;/h5-7,10,12-13H,8-9,11,17H2,1-4H3,(H,18,20);2*1H. The summed E-state index contributed by atoms with van der Waals surface area (Å²) in [5.74, 6) is 0.609. The van der Waals surface area contributed by atoms with E-state index in [1.165, 1.54) is 0 Å². The van der Waals surface area contributed by atoms with Crippen LogP contribution >= 0.6 is 24.8 Å². The maximum atomic E-state index is 11.9. The number of nitrogens with two attached hydrogens (primary N) is 1. The van der Waals surface area contributed by atoms with Crippen LogP contribution in [0, 0.1) is 5.92 Å². The highest BCUT2D eigenvalue weighted by Crippen LogP contribution is 2.13. The summed E-state index contributed by atoms with van der Waals surface area (Å²) in [7, 11) is 4.02. The molecule has 0 saturated carbocycles. The molecule has 0 fully saturated rings. The molecule has 134 valence electrons. The molecule has 0 aliphatic carbocycles. The largest absolute Gasteiger partial charge is 0.492 e. The van der Waals surface area contributed by atoms with E-state index in [2.05, 4.69) is 10.2 Å². The summed E-state index contributed by atoms with van der Waals surface area (Å²) in [6.45, 7) is 5.67. The average Bonchev–Trinajstić information content (AvgIpc) is 2.44. The van der Waals surface area contributed by atoms with E-state index in [4.69, 9.17) is 10.5 Å². The molecule has 1 rings (SSSR count). The molecule has 0 saturated heterocycles. The van der Waals surface area contributed by atoms with Gasteiger partial charge in [0.15, 0.2) is 0 Å². The molecule has 7 heteroatoms. The van der Waals surface area contributed by atoms with E-state index in [1.807, 2.05) is 52.2 Å². The molecule has 1 aromatic carbocycles. The molecule has 1 amide bonds. The molecule has 23 heavy (non-hydrogen) atoms. The number of carbonyl (C=O) groups excluding carboxylic acids is 1. The zero-order valence-electron chi connectivity index (χ0n) is 14.2. The van der Waals surface area contributed by atoms with Gasteiger partial charge in [0.2, 0.25) is 5.91 Å². The summed E-state index contributed by atoms with van der Waals surface area (Å²) in [6, 6.07) is 7.63. The first-order chi connectivity index (χ1) is 9.90. The molecular formula is C16H29Cl2N3O2. The van der Waals surface area contributed by atoms with Crippen molar-refractivity contribution in [3.05, 3.63) is 29.8 Å². The van der Waals surface area contributed by atoms with Crippen LogP contribution in [0.5, 0.6) is 5.75 Å². The van der Waals surface area contributed by atoms with Crippen molar-refractivity contribution in [2.24, 2.45) is 11.7 Å². The Balaban J connectivity index is 0. The third-order valence-electron chi connectivity index (χ3n) is 3.37. The molecule has 0 aliphatic rings. The highest BCUT2D eigenvalue weighted by atomic mass is 35.5. The summed E-state index contributed by atoms with van der Waals surface area (Å²) in [6.07, 6.45) is 0.